The summed E-state index contributed by atoms with van der Waals surface area (Å²) in [6.07, 6.45) is 5.18. The molecule has 1 aromatic heterocycles. The maximum atomic E-state index is 10.8. The normalized spacial score (nSPS) is 20.4. The maximum absolute atomic E-state index is 10.8. The highest BCUT2D eigenvalue weighted by Gasteiger charge is 2.15. The van der Waals surface area contributed by atoms with Crippen LogP contribution < -0.4 is 11.1 Å². The van der Waals surface area contributed by atoms with Crippen molar-refractivity contribution < 1.29 is 4.79 Å². The molecule has 80 valence electrons. The molecule has 1 amide bonds. The van der Waals surface area contributed by atoms with Gasteiger partial charge in [0.05, 0.1) is 11.9 Å². The Kier molecular flexibility index (Phi) is 2.91. The summed E-state index contributed by atoms with van der Waals surface area (Å²) >= 11 is 0. The smallest absolute Gasteiger partial charge is 0.268 e. The van der Waals surface area contributed by atoms with E-state index in [1.54, 1.807) is 6.20 Å². The third-order valence-electron chi connectivity index (χ3n) is 2.62. The topological polar surface area (TPSA) is 80.9 Å². The Balaban J connectivity index is 2.00. The minimum Gasteiger partial charge on any atom is -0.364 e. The lowest BCUT2D eigenvalue weighted by Gasteiger charge is -2.06. The van der Waals surface area contributed by atoms with E-state index in [0.29, 0.717) is 5.92 Å². The second-order valence-corrected chi connectivity index (χ2v) is 3.82. The summed E-state index contributed by atoms with van der Waals surface area (Å²) < 4.78 is 0. The van der Waals surface area contributed by atoms with Gasteiger partial charge in [0.2, 0.25) is 0 Å². The van der Waals surface area contributed by atoms with Crippen LogP contribution in [0.4, 0.5) is 0 Å². The SMILES string of the molecule is NC(=O)c1cnc(CC2CCNC2)cn1. The minimum atomic E-state index is -0.531. The van der Waals surface area contributed by atoms with Crippen molar-refractivity contribution in [2.75, 3.05) is 13.1 Å². The van der Waals surface area contributed by atoms with Gasteiger partial charge < -0.3 is 11.1 Å². The van der Waals surface area contributed by atoms with E-state index in [0.717, 1.165) is 25.2 Å². The fourth-order valence-electron chi connectivity index (χ4n) is 1.77. The largest absolute Gasteiger partial charge is 0.364 e. The van der Waals surface area contributed by atoms with Gasteiger partial charge in [-0.2, -0.15) is 0 Å². The molecule has 1 unspecified atom stereocenters. The molecular formula is C10H14N4O. The van der Waals surface area contributed by atoms with Gasteiger partial charge in [-0.05, 0) is 31.8 Å². The molecule has 0 aliphatic carbocycles. The first-order valence-electron chi connectivity index (χ1n) is 5.07. The van der Waals surface area contributed by atoms with Crippen molar-refractivity contribution >= 4 is 5.91 Å². The number of primary amides is 1. The molecule has 1 aliphatic heterocycles. The monoisotopic (exact) mass is 206 g/mol. The number of amides is 1. The number of aromatic nitrogens is 2. The number of rotatable bonds is 3. The van der Waals surface area contributed by atoms with E-state index < -0.39 is 5.91 Å². The average Bonchev–Trinajstić information content (AvgIpc) is 2.71. The third kappa shape index (κ3) is 2.50. The molecule has 2 rings (SSSR count). The van der Waals surface area contributed by atoms with E-state index in [9.17, 15) is 4.79 Å². The molecular weight excluding hydrogens is 192 g/mol. The molecule has 5 heteroatoms. The Labute approximate surface area is 88.1 Å². The van der Waals surface area contributed by atoms with Crippen molar-refractivity contribution in [3.8, 4) is 0 Å². The van der Waals surface area contributed by atoms with Gasteiger partial charge in [0.1, 0.15) is 5.69 Å². The predicted molar refractivity (Wildman–Crippen MR) is 55.2 cm³/mol. The molecule has 0 spiro atoms. The molecule has 3 N–H and O–H groups in total. The van der Waals surface area contributed by atoms with E-state index in [1.165, 1.54) is 12.6 Å². The Morgan fingerprint density at radius 2 is 2.40 bits per heavy atom. The van der Waals surface area contributed by atoms with Crippen LogP contribution in [-0.2, 0) is 6.42 Å². The van der Waals surface area contributed by atoms with Crippen LogP contribution in [-0.4, -0.2) is 29.0 Å². The van der Waals surface area contributed by atoms with Crippen molar-refractivity contribution in [3.05, 3.63) is 23.8 Å². The van der Waals surface area contributed by atoms with Gasteiger partial charge in [-0.1, -0.05) is 0 Å². The summed E-state index contributed by atoms with van der Waals surface area (Å²) in [4.78, 5) is 18.9. The van der Waals surface area contributed by atoms with Crippen LogP contribution in [0.2, 0.25) is 0 Å². The summed E-state index contributed by atoms with van der Waals surface area (Å²) in [7, 11) is 0. The van der Waals surface area contributed by atoms with Gasteiger partial charge in [0.15, 0.2) is 0 Å². The first-order valence-corrected chi connectivity index (χ1v) is 5.07. The standard InChI is InChI=1S/C10H14N4O/c11-10(15)9-6-13-8(5-14-9)3-7-1-2-12-4-7/h5-7,12H,1-4H2,(H2,11,15). The molecule has 1 fully saturated rings. The number of hydrogen-bond acceptors (Lipinski definition) is 4. The molecule has 1 saturated heterocycles. The first kappa shape index (κ1) is 10.0. The van der Waals surface area contributed by atoms with Crippen LogP contribution in [0.3, 0.4) is 0 Å². The molecule has 0 aromatic carbocycles. The van der Waals surface area contributed by atoms with Crippen molar-refractivity contribution in [2.45, 2.75) is 12.8 Å². The molecule has 1 aromatic rings. The van der Waals surface area contributed by atoms with Crippen molar-refractivity contribution in [1.29, 1.82) is 0 Å². The number of carbonyl (C=O) groups is 1. The third-order valence-corrected chi connectivity index (χ3v) is 2.62. The fourth-order valence-corrected chi connectivity index (χ4v) is 1.77. The molecule has 0 radical (unpaired) electrons. The summed E-state index contributed by atoms with van der Waals surface area (Å²) in [5.41, 5.74) is 6.23. The number of hydrogen-bond donors (Lipinski definition) is 2. The Morgan fingerprint density at radius 1 is 1.53 bits per heavy atom. The maximum Gasteiger partial charge on any atom is 0.268 e. The summed E-state index contributed by atoms with van der Waals surface area (Å²) in [5.74, 6) is 0.107. The van der Waals surface area contributed by atoms with Gasteiger partial charge in [-0.25, -0.2) is 4.98 Å². The lowest BCUT2D eigenvalue weighted by Crippen LogP contribution is -2.15. The molecule has 1 aliphatic rings. The van der Waals surface area contributed by atoms with Crippen molar-refractivity contribution in [1.82, 2.24) is 15.3 Å². The Morgan fingerprint density at radius 3 is 2.93 bits per heavy atom. The second kappa shape index (κ2) is 4.35. The Hall–Kier alpha value is -1.49. The first-order chi connectivity index (χ1) is 7.25. The summed E-state index contributed by atoms with van der Waals surface area (Å²) in [6, 6.07) is 0. The zero-order chi connectivity index (χ0) is 10.7. The zero-order valence-electron chi connectivity index (χ0n) is 8.44. The van der Waals surface area contributed by atoms with Gasteiger partial charge in [-0.15, -0.1) is 0 Å². The van der Waals surface area contributed by atoms with Crippen molar-refractivity contribution in [3.63, 3.8) is 0 Å². The van der Waals surface area contributed by atoms with E-state index in [-0.39, 0.29) is 5.69 Å². The molecule has 2 heterocycles. The van der Waals surface area contributed by atoms with Crippen LogP contribution in [0.25, 0.3) is 0 Å². The van der Waals surface area contributed by atoms with Crippen LogP contribution >= 0.6 is 0 Å². The van der Waals surface area contributed by atoms with Gasteiger partial charge in [0, 0.05) is 6.20 Å². The Bertz CT molecular complexity index is 343. The zero-order valence-corrected chi connectivity index (χ0v) is 8.44. The lowest BCUT2D eigenvalue weighted by atomic mass is 10.0. The minimum absolute atomic E-state index is 0.225. The molecule has 0 saturated carbocycles. The van der Waals surface area contributed by atoms with E-state index in [4.69, 9.17) is 5.73 Å². The second-order valence-electron chi connectivity index (χ2n) is 3.82. The van der Waals surface area contributed by atoms with Crippen LogP contribution in [0.15, 0.2) is 12.4 Å². The van der Waals surface area contributed by atoms with E-state index in [2.05, 4.69) is 15.3 Å². The van der Waals surface area contributed by atoms with E-state index >= 15 is 0 Å². The van der Waals surface area contributed by atoms with Crippen molar-refractivity contribution in [2.24, 2.45) is 11.7 Å². The van der Waals surface area contributed by atoms with Crippen LogP contribution in [0.5, 0.6) is 0 Å². The van der Waals surface area contributed by atoms with Gasteiger partial charge in [-0.3, -0.25) is 9.78 Å². The number of nitrogens with one attached hydrogen (secondary N) is 1. The molecule has 5 nitrogen and oxygen atoms in total. The number of carbonyl (C=O) groups excluding carboxylic acids is 1. The van der Waals surface area contributed by atoms with Gasteiger partial charge in [0.25, 0.3) is 5.91 Å². The summed E-state index contributed by atoms with van der Waals surface area (Å²) in [5, 5.41) is 3.30. The van der Waals surface area contributed by atoms with E-state index in [1.807, 2.05) is 0 Å². The molecule has 15 heavy (non-hydrogen) atoms. The van der Waals surface area contributed by atoms with Crippen LogP contribution in [0.1, 0.15) is 22.6 Å². The van der Waals surface area contributed by atoms with Gasteiger partial charge >= 0.3 is 0 Å². The average molecular weight is 206 g/mol. The highest BCUT2D eigenvalue weighted by atomic mass is 16.1. The highest BCUT2D eigenvalue weighted by molar-refractivity contribution is 5.90. The fraction of sp³-hybridized carbons (Fsp3) is 0.500. The lowest BCUT2D eigenvalue weighted by molar-refractivity contribution is 0.0995. The van der Waals surface area contributed by atoms with Crippen LogP contribution in [0, 0.1) is 5.92 Å². The molecule has 0 bridgehead atoms. The summed E-state index contributed by atoms with van der Waals surface area (Å²) in [6.45, 7) is 2.12. The highest BCUT2D eigenvalue weighted by Crippen LogP contribution is 2.12. The molecule has 1 atom stereocenters. The quantitative estimate of drug-likeness (QED) is 0.713. The number of nitrogens with two attached hydrogens (primary N) is 1. The number of nitrogens with zero attached hydrogens (tertiary/aromatic N) is 2. The predicted octanol–water partition coefficient (Wildman–Crippen LogP) is -0.272.